The SMILES string of the molecule is CN(C12CC(N3C[C@@H]4CN(C(=O)OC(C)(C)C)CCN4C3=O)(C1)C2)S(=O)(=O)O. The molecule has 2 heterocycles. The molecule has 0 aromatic rings. The van der Waals surface area contributed by atoms with Crippen LogP contribution in [0, 0.1) is 0 Å². The minimum Gasteiger partial charge on any atom is -0.444 e. The summed E-state index contributed by atoms with van der Waals surface area (Å²) in [4.78, 5) is 30.6. The molecule has 0 aromatic carbocycles. The van der Waals surface area contributed by atoms with Gasteiger partial charge in [-0.05, 0) is 40.0 Å². The van der Waals surface area contributed by atoms with Crippen LogP contribution in [-0.2, 0) is 15.0 Å². The van der Waals surface area contributed by atoms with Crippen LogP contribution in [0.4, 0.5) is 9.59 Å². The third-order valence-corrected chi connectivity index (χ3v) is 7.64. The standard InChI is InChI=1S/C17H28N4O6S/c1-15(2,3)27-14(23)19-5-6-20-12(7-19)8-21(13(20)22)17-9-16(10-17,11-17)18(4)28(24,25)26/h12H,5-11H2,1-4H3,(H,24,25,26)/t12-,16?,17?/m0/s1. The summed E-state index contributed by atoms with van der Waals surface area (Å²) in [6.07, 6.45) is 1.26. The monoisotopic (exact) mass is 416 g/mol. The zero-order valence-electron chi connectivity index (χ0n) is 16.7. The lowest BCUT2D eigenvalue weighted by Crippen LogP contribution is -2.83. The number of carbonyl (C=O) groups is 2. The van der Waals surface area contributed by atoms with Gasteiger partial charge < -0.3 is 19.4 Å². The van der Waals surface area contributed by atoms with Crippen LogP contribution in [0.2, 0.25) is 0 Å². The first kappa shape index (κ1) is 19.7. The molecule has 1 atom stereocenters. The van der Waals surface area contributed by atoms with Gasteiger partial charge in [-0.25, -0.2) is 9.59 Å². The van der Waals surface area contributed by atoms with E-state index >= 15 is 0 Å². The van der Waals surface area contributed by atoms with Crippen molar-refractivity contribution in [2.75, 3.05) is 33.2 Å². The average Bonchev–Trinajstić information content (AvgIpc) is 2.78. The number of fused-ring (bicyclic) bond motifs is 1. The Morgan fingerprint density at radius 2 is 1.82 bits per heavy atom. The van der Waals surface area contributed by atoms with Crippen LogP contribution < -0.4 is 0 Å². The lowest BCUT2D eigenvalue weighted by Gasteiger charge is -2.74. The number of nitrogens with zero attached hydrogens (tertiary/aromatic N) is 4. The van der Waals surface area contributed by atoms with E-state index in [0.29, 0.717) is 45.4 Å². The molecule has 158 valence electrons. The molecule has 0 aromatic heterocycles. The van der Waals surface area contributed by atoms with E-state index in [2.05, 4.69) is 0 Å². The van der Waals surface area contributed by atoms with Crippen molar-refractivity contribution in [1.82, 2.24) is 19.0 Å². The fourth-order valence-corrected chi connectivity index (χ4v) is 5.83. The molecule has 28 heavy (non-hydrogen) atoms. The number of amides is 3. The van der Waals surface area contributed by atoms with Gasteiger partial charge in [0.25, 0.3) is 0 Å². The van der Waals surface area contributed by atoms with Crippen molar-refractivity contribution in [1.29, 1.82) is 0 Å². The van der Waals surface area contributed by atoms with Crippen LogP contribution in [0.1, 0.15) is 40.0 Å². The Bertz CT molecular complexity index is 802. The topological polar surface area (TPSA) is 111 Å². The molecule has 3 saturated carbocycles. The molecule has 0 radical (unpaired) electrons. The molecule has 0 unspecified atom stereocenters. The minimum atomic E-state index is -4.24. The zero-order valence-corrected chi connectivity index (χ0v) is 17.5. The van der Waals surface area contributed by atoms with E-state index in [-0.39, 0.29) is 23.7 Å². The lowest BCUT2D eigenvalue weighted by molar-refractivity contribution is -0.186. The summed E-state index contributed by atoms with van der Waals surface area (Å²) >= 11 is 0. The number of rotatable bonds is 3. The van der Waals surface area contributed by atoms with Crippen molar-refractivity contribution >= 4 is 22.4 Å². The number of carbonyl (C=O) groups excluding carboxylic acids is 2. The minimum absolute atomic E-state index is 0.0448. The summed E-state index contributed by atoms with van der Waals surface area (Å²) in [7, 11) is -2.86. The maximum absolute atomic E-state index is 12.9. The van der Waals surface area contributed by atoms with Gasteiger partial charge in [-0.3, -0.25) is 4.55 Å². The smallest absolute Gasteiger partial charge is 0.410 e. The number of urea groups is 1. The first-order valence-electron chi connectivity index (χ1n) is 9.54. The maximum atomic E-state index is 12.9. The van der Waals surface area contributed by atoms with E-state index in [1.165, 1.54) is 7.05 Å². The number of hydrogen-bond acceptors (Lipinski definition) is 5. The summed E-state index contributed by atoms with van der Waals surface area (Å²) in [6, 6.07) is -0.130. The van der Waals surface area contributed by atoms with Crippen molar-refractivity contribution in [3.8, 4) is 0 Å². The van der Waals surface area contributed by atoms with E-state index < -0.39 is 21.4 Å². The van der Waals surface area contributed by atoms with Gasteiger partial charge in [0.2, 0.25) is 0 Å². The summed E-state index contributed by atoms with van der Waals surface area (Å²) in [6.45, 7) is 7.32. The molecular weight excluding hydrogens is 388 g/mol. The third-order valence-electron chi connectivity index (χ3n) is 6.57. The molecule has 10 nitrogen and oxygen atoms in total. The molecule has 5 rings (SSSR count). The van der Waals surface area contributed by atoms with Crippen LogP contribution in [0.25, 0.3) is 0 Å². The second kappa shape index (κ2) is 5.73. The predicted octanol–water partition coefficient (Wildman–Crippen LogP) is 0.753. The Hall–Kier alpha value is -1.59. The second-order valence-electron chi connectivity index (χ2n) is 9.59. The van der Waals surface area contributed by atoms with Gasteiger partial charge in [-0.1, -0.05) is 0 Å². The van der Waals surface area contributed by atoms with Crippen molar-refractivity contribution in [3.63, 3.8) is 0 Å². The van der Waals surface area contributed by atoms with Crippen LogP contribution in [0.5, 0.6) is 0 Å². The predicted molar refractivity (Wildman–Crippen MR) is 99.0 cm³/mol. The molecule has 3 amide bonds. The van der Waals surface area contributed by atoms with Crippen molar-refractivity contribution in [2.45, 2.75) is 62.8 Å². The summed E-state index contributed by atoms with van der Waals surface area (Å²) in [5.74, 6) is 0. The molecule has 5 aliphatic rings. The Kier molecular flexibility index (Phi) is 4.03. The molecule has 2 saturated heterocycles. The highest BCUT2D eigenvalue weighted by Crippen LogP contribution is 2.67. The summed E-state index contributed by atoms with van der Waals surface area (Å²) in [5.41, 5.74) is -1.46. The molecule has 5 fully saturated rings. The summed E-state index contributed by atoms with van der Waals surface area (Å²) in [5, 5.41) is 0. The quantitative estimate of drug-likeness (QED) is 0.680. The van der Waals surface area contributed by atoms with Gasteiger partial charge >= 0.3 is 22.4 Å². The van der Waals surface area contributed by atoms with Crippen LogP contribution in [0.3, 0.4) is 0 Å². The van der Waals surface area contributed by atoms with E-state index in [4.69, 9.17) is 4.74 Å². The maximum Gasteiger partial charge on any atom is 0.410 e. The summed E-state index contributed by atoms with van der Waals surface area (Å²) < 4.78 is 38.6. The normalized spacial score (nSPS) is 34.9. The Balaban J connectivity index is 1.40. The van der Waals surface area contributed by atoms with Gasteiger partial charge in [0.15, 0.2) is 0 Å². The zero-order chi connectivity index (χ0) is 20.7. The number of ether oxygens (including phenoxy) is 1. The van der Waals surface area contributed by atoms with Crippen molar-refractivity contribution < 1.29 is 27.3 Å². The van der Waals surface area contributed by atoms with Crippen LogP contribution in [0.15, 0.2) is 0 Å². The van der Waals surface area contributed by atoms with E-state index in [0.717, 1.165) is 4.31 Å². The molecule has 2 aliphatic heterocycles. The van der Waals surface area contributed by atoms with E-state index in [1.54, 1.807) is 9.80 Å². The second-order valence-corrected chi connectivity index (χ2v) is 11.0. The van der Waals surface area contributed by atoms with Crippen LogP contribution >= 0.6 is 0 Å². The fourth-order valence-electron chi connectivity index (χ4n) is 5.14. The van der Waals surface area contributed by atoms with E-state index in [9.17, 15) is 22.6 Å². The first-order valence-corrected chi connectivity index (χ1v) is 10.9. The molecular formula is C17H28N4O6S. The van der Waals surface area contributed by atoms with Crippen molar-refractivity contribution in [2.24, 2.45) is 0 Å². The highest BCUT2D eigenvalue weighted by Gasteiger charge is 2.75. The Labute approximate surface area is 165 Å². The third kappa shape index (κ3) is 2.86. The largest absolute Gasteiger partial charge is 0.444 e. The van der Waals surface area contributed by atoms with Crippen molar-refractivity contribution in [3.05, 3.63) is 0 Å². The fraction of sp³-hybridized carbons (Fsp3) is 0.882. The van der Waals surface area contributed by atoms with Gasteiger partial charge in [0.1, 0.15) is 5.60 Å². The molecule has 11 heteroatoms. The first-order chi connectivity index (χ1) is 12.8. The lowest BCUT2D eigenvalue weighted by atomic mass is 9.43. The average molecular weight is 417 g/mol. The van der Waals surface area contributed by atoms with Gasteiger partial charge in [-0.2, -0.15) is 12.7 Å². The highest BCUT2D eigenvalue weighted by molar-refractivity contribution is 7.83. The molecule has 0 spiro atoms. The highest BCUT2D eigenvalue weighted by atomic mass is 32.2. The molecule has 2 bridgehead atoms. The van der Waals surface area contributed by atoms with Gasteiger partial charge in [0, 0.05) is 38.8 Å². The van der Waals surface area contributed by atoms with Gasteiger partial charge in [0.05, 0.1) is 11.6 Å². The van der Waals surface area contributed by atoms with Gasteiger partial charge in [-0.15, -0.1) is 0 Å². The number of piperazine rings is 1. The Morgan fingerprint density at radius 1 is 1.21 bits per heavy atom. The van der Waals surface area contributed by atoms with E-state index in [1.807, 2.05) is 25.7 Å². The molecule has 1 N–H and O–H groups in total. The Morgan fingerprint density at radius 3 is 2.36 bits per heavy atom. The van der Waals surface area contributed by atoms with Crippen LogP contribution in [-0.4, -0.2) is 100 Å². The molecule has 3 aliphatic carbocycles. The number of hydrogen-bond donors (Lipinski definition) is 1.